The molecule has 0 fully saturated rings. The Bertz CT molecular complexity index is 246. The lowest BCUT2D eigenvalue weighted by molar-refractivity contribution is -0.134. The Hall–Kier alpha value is 0.130. The molecule has 0 aromatic heterocycles. The monoisotopic (exact) mass is 271 g/mol. The number of hydrogen-bond donors (Lipinski definition) is 1. The molecule has 1 heterocycles. The lowest BCUT2D eigenvalue weighted by Crippen LogP contribution is -2.27. The summed E-state index contributed by atoms with van der Waals surface area (Å²) in [4.78, 5) is 12.0. The van der Waals surface area contributed by atoms with Gasteiger partial charge in [-0.15, -0.1) is 0 Å². The molecule has 68 valence electrons. The fourth-order valence-electron chi connectivity index (χ4n) is 0.928. The smallest absolute Gasteiger partial charge is 0.353 e. The maximum atomic E-state index is 10.7. The molecular formula is C6H7BrClNO2S. The van der Waals surface area contributed by atoms with Crippen molar-refractivity contribution in [3.8, 4) is 0 Å². The van der Waals surface area contributed by atoms with Crippen molar-refractivity contribution in [2.75, 3.05) is 6.54 Å². The van der Waals surface area contributed by atoms with Crippen molar-refractivity contribution in [2.24, 2.45) is 0 Å². The topological polar surface area (TPSA) is 40.5 Å². The van der Waals surface area contributed by atoms with Gasteiger partial charge < -0.3 is 10.0 Å². The summed E-state index contributed by atoms with van der Waals surface area (Å²) < 4.78 is 0.594. The minimum absolute atomic E-state index is 0.252. The SMILES string of the molecule is CCN1C(C(=O)O)=C(Br)SC1Cl. The van der Waals surface area contributed by atoms with Crippen LogP contribution in [0.1, 0.15) is 6.92 Å². The van der Waals surface area contributed by atoms with E-state index in [0.717, 1.165) is 0 Å². The van der Waals surface area contributed by atoms with Gasteiger partial charge in [-0.1, -0.05) is 23.4 Å². The van der Waals surface area contributed by atoms with Crippen LogP contribution in [-0.2, 0) is 4.79 Å². The van der Waals surface area contributed by atoms with Gasteiger partial charge in [0.15, 0.2) is 4.83 Å². The van der Waals surface area contributed by atoms with E-state index in [1.165, 1.54) is 11.8 Å². The summed E-state index contributed by atoms with van der Waals surface area (Å²) in [6, 6.07) is 0. The second-order valence-corrected chi connectivity index (χ2v) is 5.20. The molecule has 1 aliphatic rings. The first kappa shape index (κ1) is 10.2. The Morgan fingerprint density at radius 1 is 1.92 bits per heavy atom. The molecule has 0 aromatic carbocycles. The molecule has 1 atom stereocenters. The average molecular weight is 273 g/mol. The summed E-state index contributed by atoms with van der Waals surface area (Å²) in [5.41, 5.74) is 0.252. The van der Waals surface area contributed by atoms with Crippen LogP contribution >= 0.6 is 39.3 Å². The van der Waals surface area contributed by atoms with E-state index < -0.39 is 5.97 Å². The quantitative estimate of drug-likeness (QED) is 0.618. The largest absolute Gasteiger partial charge is 0.477 e. The summed E-state index contributed by atoms with van der Waals surface area (Å²) in [5, 5.41) is 8.80. The summed E-state index contributed by atoms with van der Waals surface area (Å²) in [7, 11) is 0. The lowest BCUT2D eigenvalue weighted by atomic mass is 10.4. The number of aliphatic carboxylic acids is 1. The van der Waals surface area contributed by atoms with Crippen LogP contribution in [0.2, 0.25) is 0 Å². The third kappa shape index (κ3) is 1.72. The summed E-state index contributed by atoms with van der Waals surface area (Å²) >= 11 is 10.3. The number of carboxylic acids is 1. The molecule has 0 spiro atoms. The standard InChI is InChI=1S/C6H7BrClNO2S/c1-2-9-3(5(10)11)4(7)12-6(9)8/h6H,2H2,1H3,(H,10,11). The van der Waals surface area contributed by atoms with Gasteiger partial charge in [-0.25, -0.2) is 4.79 Å². The van der Waals surface area contributed by atoms with E-state index in [4.69, 9.17) is 16.7 Å². The Kier molecular flexibility index (Phi) is 3.31. The van der Waals surface area contributed by atoms with Gasteiger partial charge in [0.2, 0.25) is 0 Å². The van der Waals surface area contributed by atoms with E-state index in [2.05, 4.69) is 15.9 Å². The van der Waals surface area contributed by atoms with E-state index >= 15 is 0 Å². The zero-order chi connectivity index (χ0) is 9.30. The zero-order valence-electron chi connectivity index (χ0n) is 6.25. The van der Waals surface area contributed by atoms with Gasteiger partial charge >= 0.3 is 5.97 Å². The van der Waals surface area contributed by atoms with Gasteiger partial charge in [0.25, 0.3) is 0 Å². The van der Waals surface area contributed by atoms with Crippen LogP contribution in [0.15, 0.2) is 9.51 Å². The number of alkyl halides is 1. The molecule has 0 saturated heterocycles. The molecule has 12 heavy (non-hydrogen) atoms. The summed E-state index contributed by atoms with van der Waals surface area (Å²) in [6.45, 7) is 2.46. The maximum absolute atomic E-state index is 10.7. The highest BCUT2D eigenvalue weighted by atomic mass is 79.9. The molecule has 3 nitrogen and oxygen atoms in total. The lowest BCUT2D eigenvalue weighted by Gasteiger charge is -2.20. The van der Waals surface area contributed by atoms with Gasteiger partial charge in [-0.2, -0.15) is 0 Å². The molecule has 0 aromatic rings. The molecular weight excluding hydrogens is 265 g/mol. The van der Waals surface area contributed by atoms with Crippen LogP contribution in [0.4, 0.5) is 0 Å². The van der Waals surface area contributed by atoms with Crippen molar-refractivity contribution >= 4 is 45.3 Å². The first-order valence-corrected chi connectivity index (χ1v) is 5.39. The van der Waals surface area contributed by atoms with E-state index in [0.29, 0.717) is 10.4 Å². The van der Waals surface area contributed by atoms with Gasteiger partial charge in [0.1, 0.15) is 5.70 Å². The number of halogens is 2. The first-order chi connectivity index (χ1) is 5.57. The normalized spacial score (nSPS) is 23.6. The second kappa shape index (κ2) is 3.89. The molecule has 0 bridgehead atoms. The van der Waals surface area contributed by atoms with Crippen LogP contribution in [0.3, 0.4) is 0 Å². The highest BCUT2D eigenvalue weighted by Gasteiger charge is 2.32. The summed E-state index contributed by atoms with van der Waals surface area (Å²) in [5.74, 6) is -0.945. The number of thioether (sulfide) groups is 1. The van der Waals surface area contributed by atoms with E-state index in [1.807, 2.05) is 6.92 Å². The van der Waals surface area contributed by atoms with E-state index in [1.54, 1.807) is 4.90 Å². The van der Waals surface area contributed by atoms with Gasteiger partial charge in [0, 0.05) is 6.54 Å². The molecule has 6 heteroatoms. The number of carbonyl (C=O) groups is 1. The maximum Gasteiger partial charge on any atom is 0.353 e. The molecule has 1 N–H and O–H groups in total. The molecule has 0 amide bonds. The molecule has 1 aliphatic heterocycles. The van der Waals surface area contributed by atoms with Crippen LogP contribution in [-0.4, -0.2) is 27.4 Å². The van der Waals surface area contributed by atoms with Crippen molar-refractivity contribution in [2.45, 2.75) is 11.8 Å². The predicted octanol–water partition coefficient (Wildman–Crippen LogP) is 2.23. The van der Waals surface area contributed by atoms with Crippen molar-refractivity contribution in [3.63, 3.8) is 0 Å². The van der Waals surface area contributed by atoms with E-state index in [-0.39, 0.29) is 10.5 Å². The number of nitrogens with zero attached hydrogens (tertiary/aromatic N) is 1. The highest BCUT2D eigenvalue weighted by Crippen LogP contribution is 2.43. The van der Waals surface area contributed by atoms with E-state index in [9.17, 15) is 4.79 Å². The minimum Gasteiger partial charge on any atom is -0.477 e. The highest BCUT2D eigenvalue weighted by molar-refractivity contribution is 9.14. The predicted molar refractivity (Wildman–Crippen MR) is 53.2 cm³/mol. The van der Waals surface area contributed by atoms with Crippen LogP contribution < -0.4 is 0 Å². The molecule has 0 radical (unpaired) electrons. The minimum atomic E-state index is -0.945. The van der Waals surface area contributed by atoms with Crippen LogP contribution in [0.5, 0.6) is 0 Å². The van der Waals surface area contributed by atoms with Crippen LogP contribution in [0, 0.1) is 0 Å². The fraction of sp³-hybridized carbons (Fsp3) is 0.500. The van der Waals surface area contributed by atoms with Gasteiger partial charge in [0.05, 0.1) is 3.81 Å². The Labute approximate surface area is 87.9 Å². The Morgan fingerprint density at radius 2 is 2.50 bits per heavy atom. The Morgan fingerprint density at radius 3 is 2.83 bits per heavy atom. The molecule has 0 aliphatic carbocycles. The van der Waals surface area contributed by atoms with Crippen LogP contribution in [0.25, 0.3) is 0 Å². The van der Waals surface area contributed by atoms with Crippen molar-refractivity contribution in [1.82, 2.24) is 4.90 Å². The number of rotatable bonds is 2. The van der Waals surface area contributed by atoms with Gasteiger partial charge in [-0.05, 0) is 22.9 Å². The third-order valence-corrected chi connectivity index (χ3v) is 3.75. The van der Waals surface area contributed by atoms with Crippen molar-refractivity contribution in [1.29, 1.82) is 0 Å². The van der Waals surface area contributed by atoms with Gasteiger partial charge in [-0.3, -0.25) is 0 Å². The fourth-order valence-corrected chi connectivity index (χ4v) is 3.55. The Balaban J connectivity index is 2.92. The summed E-state index contributed by atoms with van der Waals surface area (Å²) in [6.07, 6.45) is 0. The van der Waals surface area contributed by atoms with Crippen molar-refractivity contribution in [3.05, 3.63) is 9.51 Å². The number of carboxylic acid groups (broad SMARTS) is 1. The van der Waals surface area contributed by atoms with Crippen molar-refractivity contribution < 1.29 is 9.90 Å². The zero-order valence-corrected chi connectivity index (χ0v) is 9.41. The average Bonchev–Trinajstić information content (AvgIpc) is 2.24. The molecule has 1 rings (SSSR count). The first-order valence-electron chi connectivity index (χ1n) is 3.28. The third-order valence-electron chi connectivity index (χ3n) is 1.46. The second-order valence-electron chi connectivity index (χ2n) is 2.12. The molecule has 0 saturated carbocycles. The number of likely N-dealkylation sites (N-methyl/N-ethyl adjacent to an activating group) is 1. The number of hydrogen-bond acceptors (Lipinski definition) is 3. The molecule has 1 unspecified atom stereocenters.